The zero-order valence-electron chi connectivity index (χ0n) is 18.2. The standard InChI is InChI=1S/C29H20O4/c1-31-20-10-9-17-13-19(8-7-18(17)14-20)29(30)25-16-27-28(23-6-4-3-5-22(23)25)24-12-11-21(32-2)15-26(24)33-27/h3-16H,1-2H3. The SMILES string of the molecule is COc1ccc2cc(C(=O)c3cc4oc5cc(OC)ccc5c4c4ccccc34)ccc2c1. The van der Waals surface area contributed by atoms with Gasteiger partial charge in [-0.05, 0) is 57.9 Å². The summed E-state index contributed by atoms with van der Waals surface area (Å²) < 4.78 is 16.8. The van der Waals surface area contributed by atoms with E-state index >= 15 is 0 Å². The van der Waals surface area contributed by atoms with Gasteiger partial charge in [0.1, 0.15) is 22.7 Å². The fraction of sp³-hybridized carbons (Fsp3) is 0.0690. The minimum absolute atomic E-state index is 0.0381. The summed E-state index contributed by atoms with van der Waals surface area (Å²) >= 11 is 0. The Morgan fingerprint density at radius 2 is 1.36 bits per heavy atom. The maximum absolute atomic E-state index is 13.7. The van der Waals surface area contributed by atoms with Crippen LogP contribution in [0.4, 0.5) is 0 Å². The van der Waals surface area contributed by atoms with E-state index in [0.29, 0.717) is 16.7 Å². The van der Waals surface area contributed by atoms with Crippen molar-refractivity contribution in [3.63, 3.8) is 0 Å². The number of furan rings is 1. The number of hydrogen-bond acceptors (Lipinski definition) is 4. The van der Waals surface area contributed by atoms with Crippen LogP contribution < -0.4 is 9.47 Å². The van der Waals surface area contributed by atoms with Crippen molar-refractivity contribution in [2.24, 2.45) is 0 Å². The predicted octanol–water partition coefficient (Wildman–Crippen LogP) is 7.14. The Hall–Kier alpha value is -4.31. The van der Waals surface area contributed by atoms with E-state index in [4.69, 9.17) is 13.9 Å². The molecule has 0 saturated heterocycles. The molecule has 0 N–H and O–H groups in total. The number of ether oxygens (including phenoxy) is 2. The Kier molecular flexibility index (Phi) is 4.34. The minimum atomic E-state index is -0.0381. The third kappa shape index (κ3) is 3.03. The molecule has 4 heteroatoms. The van der Waals surface area contributed by atoms with Crippen molar-refractivity contribution in [2.75, 3.05) is 14.2 Å². The molecule has 6 aromatic rings. The van der Waals surface area contributed by atoms with E-state index in [1.807, 2.05) is 84.9 Å². The fourth-order valence-electron chi connectivity index (χ4n) is 4.58. The lowest BCUT2D eigenvalue weighted by molar-refractivity contribution is 0.104. The Bertz CT molecular complexity index is 1710. The van der Waals surface area contributed by atoms with Gasteiger partial charge in [0, 0.05) is 28.0 Å². The van der Waals surface area contributed by atoms with Crippen LogP contribution in [0.25, 0.3) is 43.5 Å². The van der Waals surface area contributed by atoms with Gasteiger partial charge in [-0.25, -0.2) is 0 Å². The summed E-state index contributed by atoms with van der Waals surface area (Å²) in [5, 5.41) is 5.92. The van der Waals surface area contributed by atoms with Crippen molar-refractivity contribution in [1.29, 1.82) is 0 Å². The van der Waals surface area contributed by atoms with Gasteiger partial charge in [-0.2, -0.15) is 0 Å². The second kappa shape index (κ2) is 7.38. The number of methoxy groups -OCH3 is 2. The number of hydrogen-bond donors (Lipinski definition) is 0. The molecule has 0 unspecified atom stereocenters. The van der Waals surface area contributed by atoms with Gasteiger partial charge in [-0.3, -0.25) is 4.79 Å². The summed E-state index contributed by atoms with van der Waals surface area (Å²) in [7, 11) is 3.28. The number of rotatable bonds is 4. The molecule has 0 aliphatic heterocycles. The van der Waals surface area contributed by atoms with Crippen molar-refractivity contribution in [3.05, 3.63) is 96.1 Å². The van der Waals surface area contributed by atoms with Crippen LogP contribution in [-0.2, 0) is 0 Å². The molecule has 0 saturated carbocycles. The molecule has 0 aliphatic carbocycles. The first-order valence-corrected chi connectivity index (χ1v) is 10.7. The molecule has 0 radical (unpaired) electrons. The highest BCUT2D eigenvalue weighted by Crippen LogP contribution is 2.38. The molecule has 0 amide bonds. The summed E-state index contributed by atoms with van der Waals surface area (Å²) in [6, 6.07) is 27.3. The van der Waals surface area contributed by atoms with Crippen molar-refractivity contribution in [3.8, 4) is 11.5 Å². The van der Waals surface area contributed by atoms with Crippen LogP contribution in [0.15, 0.2) is 89.3 Å². The van der Waals surface area contributed by atoms with Crippen molar-refractivity contribution in [2.45, 2.75) is 0 Å². The van der Waals surface area contributed by atoms with Gasteiger partial charge >= 0.3 is 0 Å². The smallest absolute Gasteiger partial charge is 0.193 e. The number of benzene rings is 5. The topological polar surface area (TPSA) is 48.7 Å². The van der Waals surface area contributed by atoms with Crippen molar-refractivity contribution in [1.82, 2.24) is 0 Å². The molecule has 0 bridgehead atoms. The number of ketones is 1. The highest BCUT2D eigenvalue weighted by molar-refractivity contribution is 6.26. The third-order valence-corrected chi connectivity index (χ3v) is 6.24. The summed E-state index contributed by atoms with van der Waals surface area (Å²) in [6.45, 7) is 0. The van der Waals surface area contributed by atoms with Gasteiger partial charge in [0.05, 0.1) is 14.2 Å². The molecular formula is C29H20O4. The number of carbonyl (C=O) groups is 1. The Balaban J connectivity index is 1.57. The number of fused-ring (bicyclic) bond motifs is 6. The normalized spacial score (nSPS) is 11.5. The maximum Gasteiger partial charge on any atom is 0.193 e. The summed E-state index contributed by atoms with van der Waals surface area (Å²) in [5.41, 5.74) is 2.68. The van der Waals surface area contributed by atoms with Crippen LogP contribution in [0, 0.1) is 0 Å². The first-order valence-electron chi connectivity index (χ1n) is 10.7. The molecule has 0 atom stereocenters. The molecule has 0 fully saturated rings. The molecule has 160 valence electrons. The highest BCUT2D eigenvalue weighted by Gasteiger charge is 2.19. The minimum Gasteiger partial charge on any atom is -0.497 e. The zero-order chi connectivity index (χ0) is 22.5. The predicted molar refractivity (Wildman–Crippen MR) is 132 cm³/mol. The highest BCUT2D eigenvalue weighted by atomic mass is 16.5. The van der Waals surface area contributed by atoms with E-state index in [0.717, 1.165) is 49.4 Å². The molecule has 33 heavy (non-hydrogen) atoms. The first kappa shape index (κ1) is 19.4. The zero-order valence-corrected chi connectivity index (χ0v) is 18.2. The second-order valence-corrected chi connectivity index (χ2v) is 8.06. The third-order valence-electron chi connectivity index (χ3n) is 6.24. The van der Waals surface area contributed by atoms with Crippen LogP contribution in [0.5, 0.6) is 11.5 Å². The lowest BCUT2D eigenvalue weighted by Crippen LogP contribution is -2.02. The van der Waals surface area contributed by atoms with E-state index < -0.39 is 0 Å². The van der Waals surface area contributed by atoms with E-state index in [-0.39, 0.29) is 5.78 Å². The lowest BCUT2D eigenvalue weighted by atomic mass is 9.93. The fourth-order valence-corrected chi connectivity index (χ4v) is 4.58. The second-order valence-electron chi connectivity index (χ2n) is 8.06. The molecule has 1 heterocycles. The maximum atomic E-state index is 13.7. The van der Waals surface area contributed by atoms with Crippen molar-refractivity contribution < 1.29 is 18.7 Å². The largest absolute Gasteiger partial charge is 0.497 e. The molecular weight excluding hydrogens is 412 g/mol. The molecule has 0 spiro atoms. The Morgan fingerprint density at radius 1 is 0.667 bits per heavy atom. The molecule has 0 aliphatic rings. The van der Waals surface area contributed by atoms with Gasteiger partial charge in [0.15, 0.2) is 5.78 Å². The van der Waals surface area contributed by atoms with E-state index in [1.54, 1.807) is 14.2 Å². The summed E-state index contributed by atoms with van der Waals surface area (Å²) in [4.78, 5) is 13.7. The molecule has 5 aromatic carbocycles. The van der Waals surface area contributed by atoms with Gasteiger partial charge in [0.2, 0.25) is 0 Å². The lowest BCUT2D eigenvalue weighted by Gasteiger charge is -2.09. The molecule has 6 rings (SSSR count). The van der Waals surface area contributed by atoms with Crippen LogP contribution >= 0.6 is 0 Å². The van der Waals surface area contributed by atoms with Crippen LogP contribution in [0.2, 0.25) is 0 Å². The first-order chi connectivity index (χ1) is 16.2. The van der Waals surface area contributed by atoms with Crippen LogP contribution in [0.1, 0.15) is 15.9 Å². The van der Waals surface area contributed by atoms with E-state index in [2.05, 4.69) is 0 Å². The van der Waals surface area contributed by atoms with Crippen LogP contribution in [0.3, 0.4) is 0 Å². The van der Waals surface area contributed by atoms with Gasteiger partial charge in [0.25, 0.3) is 0 Å². The van der Waals surface area contributed by atoms with E-state index in [9.17, 15) is 4.79 Å². The van der Waals surface area contributed by atoms with Gasteiger partial charge in [-0.15, -0.1) is 0 Å². The quantitative estimate of drug-likeness (QED) is 0.278. The summed E-state index contributed by atoms with van der Waals surface area (Å²) in [6.07, 6.45) is 0. The van der Waals surface area contributed by atoms with Crippen LogP contribution in [-0.4, -0.2) is 20.0 Å². The van der Waals surface area contributed by atoms with Gasteiger partial charge in [-0.1, -0.05) is 42.5 Å². The summed E-state index contributed by atoms with van der Waals surface area (Å²) in [5.74, 6) is 1.48. The van der Waals surface area contributed by atoms with Gasteiger partial charge < -0.3 is 13.9 Å². The Morgan fingerprint density at radius 3 is 2.18 bits per heavy atom. The Labute approximate surface area is 189 Å². The average molecular weight is 432 g/mol. The average Bonchev–Trinajstić information content (AvgIpc) is 3.24. The molecule has 1 aromatic heterocycles. The number of carbonyl (C=O) groups excluding carboxylic acids is 1. The van der Waals surface area contributed by atoms with E-state index in [1.165, 1.54) is 0 Å². The van der Waals surface area contributed by atoms with Crippen molar-refractivity contribution >= 4 is 49.3 Å². The monoisotopic (exact) mass is 432 g/mol. The molecule has 4 nitrogen and oxygen atoms in total.